The smallest absolute Gasteiger partial charge is 0.0560 e. The first-order valence-electron chi connectivity index (χ1n) is 6.16. The molecule has 0 amide bonds. The Balaban J connectivity index is 2.35. The van der Waals surface area contributed by atoms with Gasteiger partial charge in [-0.3, -0.25) is 0 Å². The molecule has 1 aromatic rings. The van der Waals surface area contributed by atoms with E-state index < -0.39 is 0 Å². The van der Waals surface area contributed by atoms with Crippen LogP contribution in [0.1, 0.15) is 32.3 Å². The van der Waals surface area contributed by atoms with E-state index in [-0.39, 0.29) is 5.41 Å². The van der Waals surface area contributed by atoms with E-state index in [0.29, 0.717) is 0 Å². The van der Waals surface area contributed by atoms with Gasteiger partial charge in [0.05, 0.1) is 6.61 Å². The maximum atomic E-state index is 5.70. The Labute approximate surface area is 116 Å². The Kier molecular flexibility index (Phi) is 4.56. The molecule has 1 aliphatic rings. The van der Waals surface area contributed by atoms with Gasteiger partial charge >= 0.3 is 0 Å². The number of benzene rings is 1. The van der Waals surface area contributed by atoms with Gasteiger partial charge in [-0.25, -0.2) is 0 Å². The molecule has 0 unspecified atom stereocenters. The highest BCUT2D eigenvalue weighted by molar-refractivity contribution is 9.10. The normalized spacial score (nSPS) is 24.2. The van der Waals surface area contributed by atoms with Crippen LogP contribution in [0.15, 0.2) is 27.6 Å². The summed E-state index contributed by atoms with van der Waals surface area (Å²) >= 11 is 5.54. The predicted octanol–water partition coefficient (Wildman–Crippen LogP) is 4.63. The zero-order chi connectivity index (χ0) is 12.3. The van der Waals surface area contributed by atoms with Crippen molar-refractivity contribution in [1.29, 1.82) is 0 Å². The number of rotatable bonds is 3. The lowest BCUT2D eigenvalue weighted by atomic mass is 9.79. The third-order valence-electron chi connectivity index (χ3n) is 3.35. The van der Waals surface area contributed by atoms with Crippen molar-refractivity contribution in [3.05, 3.63) is 28.2 Å². The van der Waals surface area contributed by atoms with Gasteiger partial charge in [0, 0.05) is 21.4 Å². The van der Waals surface area contributed by atoms with Gasteiger partial charge in [0.25, 0.3) is 0 Å². The molecular weight excluding hydrogens is 296 g/mol. The Hall–Kier alpha value is 0.01000. The Morgan fingerprint density at radius 2 is 2.29 bits per heavy atom. The van der Waals surface area contributed by atoms with Crippen LogP contribution in [0.4, 0.5) is 0 Å². The average molecular weight is 315 g/mol. The molecule has 0 N–H and O–H groups in total. The molecule has 0 aliphatic carbocycles. The van der Waals surface area contributed by atoms with Gasteiger partial charge in [0.2, 0.25) is 0 Å². The van der Waals surface area contributed by atoms with Crippen molar-refractivity contribution in [2.75, 3.05) is 19.0 Å². The summed E-state index contributed by atoms with van der Waals surface area (Å²) in [6.45, 7) is 6.03. The van der Waals surface area contributed by atoms with E-state index in [0.717, 1.165) is 13.2 Å². The minimum atomic E-state index is 0.176. The first kappa shape index (κ1) is 13.4. The molecule has 0 saturated heterocycles. The summed E-state index contributed by atoms with van der Waals surface area (Å²) in [5.74, 6) is 1.21. The molecule has 0 aromatic heterocycles. The van der Waals surface area contributed by atoms with Crippen LogP contribution in [0.5, 0.6) is 0 Å². The maximum Gasteiger partial charge on any atom is 0.0560 e. The standard InChI is InChI=1S/C14H19BrOS/c1-3-16-10-14(2)7-4-8-17-13-9-11(15)5-6-12(13)14/h5-6,9H,3-4,7-8,10H2,1-2H3/t14-/m0/s1. The van der Waals surface area contributed by atoms with Crippen LogP contribution < -0.4 is 0 Å². The molecule has 1 atom stereocenters. The molecule has 94 valence electrons. The minimum absolute atomic E-state index is 0.176. The van der Waals surface area contributed by atoms with Crippen molar-refractivity contribution in [2.24, 2.45) is 0 Å². The van der Waals surface area contributed by atoms with Gasteiger partial charge in [0.1, 0.15) is 0 Å². The average Bonchev–Trinajstić information content (AvgIpc) is 2.47. The van der Waals surface area contributed by atoms with Gasteiger partial charge in [0.15, 0.2) is 0 Å². The summed E-state index contributed by atoms with van der Waals surface area (Å²) < 4.78 is 6.87. The monoisotopic (exact) mass is 314 g/mol. The second kappa shape index (κ2) is 5.77. The number of hydrogen-bond donors (Lipinski definition) is 0. The van der Waals surface area contributed by atoms with Gasteiger partial charge < -0.3 is 4.74 Å². The molecule has 1 aliphatic heterocycles. The zero-order valence-electron chi connectivity index (χ0n) is 10.5. The van der Waals surface area contributed by atoms with E-state index in [1.165, 1.54) is 33.5 Å². The molecule has 0 spiro atoms. The van der Waals surface area contributed by atoms with Crippen LogP contribution in [0.3, 0.4) is 0 Å². The van der Waals surface area contributed by atoms with Crippen LogP contribution >= 0.6 is 27.7 Å². The molecule has 2 rings (SSSR count). The quantitative estimate of drug-likeness (QED) is 0.804. The largest absolute Gasteiger partial charge is 0.381 e. The number of halogens is 1. The van der Waals surface area contributed by atoms with Crippen molar-refractivity contribution < 1.29 is 4.74 Å². The van der Waals surface area contributed by atoms with Crippen LogP contribution in [0, 0.1) is 0 Å². The lowest BCUT2D eigenvalue weighted by molar-refractivity contribution is 0.0937. The van der Waals surface area contributed by atoms with Crippen LogP contribution in [0.25, 0.3) is 0 Å². The summed E-state index contributed by atoms with van der Waals surface area (Å²) in [5.41, 5.74) is 1.63. The molecule has 17 heavy (non-hydrogen) atoms. The first-order chi connectivity index (χ1) is 8.15. The van der Waals surface area contributed by atoms with Crippen molar-refractivity contribution in [3.63, 3.8) is 0 Å². The van der Waals surface area contributed by atoms with Crippen LogP contribution in [-0.2, 0) is 10.2 Å². The third kappa shape index (κ3) is 3.07. The molecular formula is C14H19BrOS. The number of ether oxygens (including phenoxy) is 1. The number of fused-ring (bicyclic) bond motifs is 1. The first-order valence-corrected chi connectivity index (χ1v) is 7.94. The minimum Gasteiger partial charge on any atom is -0.381 e. The van der Waals surface area contributed by atoms with Gasteiger partial charge in [-0.2, -0.15) is 0 Å². The summed E-state index contributed by atoms with van der Waals surface area (Å²) in [4.78, 5) is 1.42. The van der Waals surface area contributed by atoms with E-state index in [1.54, 1.807) is 0 Å². The molecule has 0 radical (unpaired) electrons. The summed E-state index contributed by atoms with van der Waals surface area (Å²) in [6.07, 6.45) is 2.48. The zero-order valence-corrected chi connectivity index (χ0v) is 12.9. The molecule has 1 heterocycles. The van der Waals surface area contributed by atoms with Crippen molar-refractivity contribution in [1.82, 2.24) is 0 Å². The maximum absolute atomic E-state index is 5.70. The van der Waals surface area contributed by atoms with E-state index >= 15 is 0 Å². The fourth-order valence-electron chi connectivity index (χ4n) is 2.37. The highest BCUT2D eigenvalue weighted by Crippen LogP contribution is 2.41. The Morgan fingerprint density at radius 1 is 1.47 bits per heavy atom. The molecule has 1 nitrogen and oxygen atoms in total. The summed E-state index contributed by atoms with van der Waals surface area (Å²) in [6, 6.07) is 6.65. The molecule has 3 heteroatoms. The highest BCUT2D eigenvalue weighted by atomic mass is 79.9. The SMILES string of the molecule is CCOC[C@]1(C)CCCSc2cc(Br)ccc21. The molecule has 1 aromatic carbocycles. The van der Waals surface area contributed by atoms with E-state index in [1.807, 2.05) is 11.8 Å². The van der Waals surface area contributed by atoms with Crippen LogP contribution in [-0.4, -0.2) is 19.0 Å². The van der Waals surface area contributed by atoms with Crippen molar-refractivity contribution in [3.8, 4) is 0 Å². The summed E-state index contributed by atoms with van der Waals surface area (Å²) in [7, 11) is 0. The predicted molar refractivity (Wildman–Crippen MR) is 77.9 cm³/mol. The fraction of sp³-hybridized carbons (Fsp3) is 0.571. The van der Waals surface area contributed by atoms with Crippen LogP contribution in [0.2, 0.25) is 0 Å². The van der Waals surface area contributed by atoms with Gasteiger partial charge in [-0.1, -0.05) is 28.9 Å². The van der Waals surface area contributed by atoms with Crippen molar-refractivity contribution >= 4 is 27.7 Å². The van der Waals surface area contributed by atoms with E-state index in [9.17, 15) is 0 Å². The molecule has 0 bridgehead atoms. The second-order valence-electron chi connectivity index (χ2n) is 4.79. The number of thioether (sulfide) groups is 1. The molecule has 0 saturated carbocycles. The van der Waals surface area contributed by atoms with Gasteiger partial charge in [-0.05, 0) is 43.2 Å². The van der Waals surface area contributed by atoms with E-state index in [2.05, 4.69) is 48.0 Å². The molecule has 0 fully saturated rings. The lowest BCUT2D eigenvalue weighted by Gasteiger charge is -2.29. The third-order valence-corrected chi connectivity index (χ3v) is 4.98. The Morgan fingerprint density at radius 3 is 3.06 bits per heavy atom. The van der Waals surface area contributed by atoms with Gasteiger partial charge in [-0.15, -0.1) is 11.8 Å². The highest BCUT2D eigenvalue weighted by Gasteiger charge is 2.31. The Bertz CT molecular complexity index is 394. The lowest BCUT2D eigenvalue weighted by Crippen LogP contribution is -2.28. The van der Waals surface area contributed by atoms with Crippen molar-refractivity contribution in [2.45, 2.75) is 37.0 Å². The number of hydrogen-bond acceptors (Lipinski definition) is 2. The fourth-order valence-corrected chi connectivity index (χ4v) is 4.07. The topological polar surface area (TPSA) is 9.23 Å². The summed E-state index contributed by atoms with van der Waals surface area (Å²) in [5, 5.41) is 0. The second-order valence-corrected chi connectivity index (χ2v) is 6.84. The van der Waals surface area contributed by atoms with E-state index in [4.69, 9.17) is 4.74 Å².